The number of hydrogen-bond donors (Lipinski definition) is 10. The Bertz CT molecular complexity index is 1270. The van der Waals surface area contributed by atoms with Gasteiger partial charge in [0.2, 0.25) is 17.7 Å². The number of fused-ring (bicyclic) bond motifs is 1. The van der Waals surface area contributed by atoms with E-state index >= 15 is 0 Å². The van der Waals surface area contributed by atoms with Gasteiger partial charge in [0.15, 0.2) is 5.96 Å². The first-order chi connectivity index (χ1) is 19.3. The second-order valence-corrected chi connectivity index (χ2v) is 9.40. The Morgan fingerprint density at radius 2 is 1.63 bits per heavy atom. The summed E-state index contributed by atoms with van der Waals surface area (Å²) in [5.74, 6) is -6.01. The van der Waals surface area contributed by atoms with E-state index in [1.807, 2.05) is 24.3 Å². The van der Waals surface area contributed by atoms with Crippen LogP contribution in [0, 0.1) is 0 Å². The number of nitrogens with zero attached hydrogens (tertiary/aromatic N) is 1. The molecule has 5 unspecified atom stereocenters. The van der Waals surface area contributed by atoms with Crippen LogP contribution in [0.5, 0.6) is 0 Å². The summed E-state index contributed by atoms with van der Waals surface area (Å²) < 4.78 is 0. The number of nitrogens with two attached hydrogens (primary N) is 3. The first-order valence-corrected chi connectivity index (χ1v) is 12.7. The molecule has 41 heavy (non-hydrogen) atoms. The molecule has 0 radical (unpaired) electrons. The second-order valence-electron chi connectivity index (χ2n) is 9.40. The highest BCUT2D eigenvalue weighted by Crippen LogP contribution is 2.18. The van der Waals surface area contributed by atoms with Crippen LogP contribution in [0.4, 0.5) is 0 Å². The Balaban J connectivity index is 2.08. The molecule has 16 nitrogen and oxygen atoms in total. The summed E-state index contributed by atoms with van der Waals surface area (Å²) in [6.45, 7) is 1.30. The number of benzene rings is 1. The molecule has 224 valence electrons. The van der Waals surface area contributed by atoms with E-state index in [-0.39, 0.29) is 31.8 Å². The number of aliphatic hydroxyl groups excluding tert-OH is 1. The molecule has 0 aliphatic rings. The number of H-pyrrole nitrogens is 1. The number of carboxylic acids is 2. The van der Waals surface area contributed by atoms with Gasteiger partial charge >= 0.3 is 11.9 Å². The van der Waals surface area contributed by atoms with Crippen molar-refractivity contribution >= 4 is 46.5 Å². The van der Waals surface area contributed by atoms with Gasteiger partial charge in [0.1, 0.15) is 18.1 Å². The Labute approximate surface area is 234 Å². The fraction of sp³-hybridized carbons (Fsp3) is 0.440. The number of carbonyl (C=O) groups excluding carboxylic acids is 3. The zero-order valence-corrected chi connectivity index (χ0v) is 22.4. The minimum atomic E-state index is -1.72. The van der Waals surface area contributed by atoms with Gasteiger partial charge in [0.05, 0.1) is 18.6 Å². The van der Waals surface area contributed by atoms with E-state index < -0.39 is 66.4 Å². The third kappa shape index (κ3) is 10.1. The highest BCUT2D eigenvalue weighted by molar-refractivity contribution is 5.96. The molecule has 1 heterocycles. The number of hydrogen-bond acceptors (Lipinski definition) is 8. The van der Waals surface area contributed by atoms with Crippen molar-refractivity contribution in [1.29, 1.82) is 0 Å². The number of aromatic nitrogens is 1. The van der Waals surface area contributed by atoms with E-state index in [2.05, 4.69) is 25.9 Å². The molecule has 1 aromatic carbocycles. The number of carbonyl (C=O) groups is 5. The largest absolute Gasteiger partial charge is 0.481 e. The smallest absolute Gasteiger partial charge is 0.326 e. The monoisotopic (exact) mass is 576 g/mol. The molecule has 5 atom stereocenters. The van der Waals surface area contributed by atoms with Crippen LogP contribution in [-0.2, 0) is 30.4 Å². The third-order valence-electron chi connectivity index (χ3n) is 6.09. The summed E-state index contributed by atoms with van der Waals surface area (Å²) in [6.07, 6.45) is -0.467. The maximum Gasteiger partial charge on any atom is 0.326 e. The van der Waals surface area contributed by atoms with Crippen LogP contribution in [-0.4, -0.2) is 92.7 Å². The van der Waals surface area contributed by atoms with Crippen molar-refractivity contribution in [3.8, 4) is 0 Å². The summed E-state index contributed by atoms with van der Waals surface area (Å²) in [5.41, 5.74) is 18.1. The molecular weight excluding hydrogens is 540 g/mol. The fourth-order valence-electron chi connectivity index (χ4n) is 3.97. The first kappa shape index (κ1) is 32.5. The van der Waals surface area contributed by atoms with Gasteiger partial charge < -0.3 is 53.5 Å². The lowest BCUT2D eigenvalue weighted by molar-refractivity contribution is -0.144. The van der Waals surface area contributed by atoms with Crippen LogP contribution >= 0.6 is 0 Å². The minimum Gasteiger partial charge on any atom is -0.481 e. The van der Waals surface area contributed by atoms with Crippen LogP contribution in [0.3, 0.4) is 0 Å². The molecule has 0 aliphatic heterocycles. The molecular formula is C25H36N8O8. The zero-order chi connectivity index (χ0) is 30.7. The van der Waals surface area contributed by atoms with Gasteiger partial charge in [-0.25, -0.2) is 4.79 Å². The molecule has 16 heteroatoms. The average molecular weight is 577 g/mol. The summed E-state index contributed by atoms with van der Waals surface area (Å²) in [4.78, 5) is 68.3. The van der Waals surface area contributed by atoms with Gasteiger partial charge in [-0.3, -0.25) is 24.2 Å². The lowest BCUT2D eigenvalue weighted by Crippen LogP contribution is -2.60. The molecule has 2 aromatic rings. The van der Waals surface area contributed by atoms with E-state index in [9.17, 15) is 39.3 Å². The Morgan fingerprint density at radius 3 is 2.24 bits per heavy atom. The number of carboxylic acid groups (broad SMARTS) is 2. The number of rotatable bonds is 16. The van der Waals surface area contributed by atoms with E-state index in [0.29, 0.717) is 0 Å². The second kappa shape index (κ2) is 15.2. The fourth-order valence-corrected chi connectivity index (χ4v) is 3.97. The number of guanidine groups is 1. The lowest BCUT2D eigenvalue weighted by Gasteiger charge is -2.26. The SMILES string of the molecule is CC(O)C(NC(=O)C(N)Cc1c[nH]c2ccccc12)C(=O)NC(CC(=O)O)C(=O)NC(CCCN=C(N)N)C(=O)O. The van der Waals surface area contributed by atoms with Crippen LogP contribution in [0.25, 0.3) is 10.9 Å². The average Bonchev–Trinajstić information content (AvgIpc) is 3.30. The zero-order valence-electron chi connectivity index (χ0n) is 22.4. The third-order valence-corrected chi connectivity index (χ3v) is 6.09. The van der Waals surface area contributed by atoms with E-state index in [0.717, 1.165) is 16.5 Å². The maximum atomic E-state index is 13.0. The molecule has 0 bridgehead atoms. The quantitative estimate of drug-likeness (QED) is 0.0565. The van der Waals surface area contributed by atoms with E-state index in [1.54, 1.807) is 6.20 Å². The van der Waals surface area contributed by atoms with Gasteiger partial charge in [0, 0.05) is 23.6 Å². The molecule has 0 saturated carbocycles. The molecule has 13 N–H and O–H groups in total. The van der Waals surface area contributed by atoms with Crippen molar-refractivity contribution in [1.82, 2.24) is 20.9 Å². The molecule has 0 aliphatic carbocycles. The minimum absolute atomic E-state index is 0.0910. The van der Waals surface area contributed by atoms with Gasteiger partial charge in [-0.2, -0.15) is 0 Å². The maximum absolute atomic E-state index is 13.0. The molecule has 3 amide bonds. The molecule has 2 rings (SSSR count). The normalized spacial score (nSPS) is 14.6. The van der Waals surface area contributed by atoms with Gasteiger partial charge in [-0.1, -0.05) is 18.2 Å². The number of aliphatic imine (C=N–C) groups is 1. The topological polar surface area (TPSA) is 288 Å². The Hall–Kier alpha value is -4.70. The Morgan fingerprint density at radius 1 is 0.976 bits per heavy atom. The predicted molar refractivity (Wildman–Crippen MR) is 147 cm³/mol. The van der Waals surface area contributed by atoms with Crippen molar-refractivity contribution in [2.45, 2.75) is 62.9 Å². The molecule has 0 fully saturated rings. The van der Waals surface area contributed by atoms with Gasteiger partial charge in [-0.05, 0) is 37.8 Å². The Kier molecular flexibility index (Phi) is 12.0. The van der Waals surface area contributed by atoms with Crippen molar-refractivity contribution in [3.63, 3.8) is 0 Å². The van der Waals surface area contributed by atoms with E-state index in [1.165, 1.54) is 6.92 Å². The van der Waals surface area contributed by atoms with Crippen LogP contribution in [0.1, 0.15) is 31.7 Å². The van der Waals surface area contributed by atoms with Crippen molar-refractivity contribution in [2.75, 3.05) is 6.54 Å². The van der Waals surface area contributed by atoms with Crippen molar-refractivity contribution < 1.29 is 39.3 Å². The molecule has 1 aromatic heterocycles. The molecule has 0 spiro atoms. The summed E-state index contributed by atoms with van der Waals surface area (Å²) in [7, 11) is 0. The van der Waals surface area contributed by atoms with Gasteiger partial charge in [-0.15, -0.1) is 0 Å². The lowest BCUT2D eigenvalue weighted by atomic mass is 10.0. The highest BCUT2D eigenvalue weighted by Gasteiger charge is 2.33. The number of para-hydroxylation sites is 1. The summed E-state index contributed by atoms with van der Waals surface area (Å²) in [5, 5.41) is 36.4. The van der Waals surface area contributed by atoms with Crippen molar-refractivity contribution in [3.05, 3.63) is 36.0 Å². The van der Waals surface area contributed by atoms with E-state index in [4.69, 9.17) is 17.2 Å². The van der Waals surface area contributed by atoms with Crippen LogP contribution in [0.15, 0.2) is 35.5 Å². The first-order valence-electron chi connectivity index (χ1n) is 12.7. The van der Waals surface area contributed by atoms with Crippen LogP contribution in [0.2, 0.25) is 0 Å². The number of aliphatic carboxylic acids is 2. The number of nitrogens with one attached hydrogen (secondary N) is 4. The number of aromatic amines is 1. The van der Waals surface area contributed by atoms with Crippen LogP contribution < -0.4 is 33.2 Å². The number of amides is 3. The standard InChI is InChI=1S/C25H36N8O8/c1-12(34)20(33-21(37)15(26)9-13-11-30-16-6-3-2-5-14(13)16)23(39)32-18(10-19(35)36)22(38)31-17(24(40)41)7-4-8-29-25(27)28/h2-3,5-6,11-12,15,17-18,20,30,34H,4,7-10,26H2,1H3,(H,31,38)(H,32,39)(H,33,37)(H,35,36)(H,40,41)(H4,27,28,29). The molecule has 0 saturated heterocycles. The summed E-state index contributed by atoms with van der Waals surface area (Å²) >= 11 is 0. The highest BCUT2D eigenvalue weighted by atomic mass is 16.4. The van der Waals surface area contributed by atoms with Gasteiger partial charge in [0.25, 0.3) is 0 Å². The predicted octanol–water partition coefficient (Wildman–Crippen LogP) is -2.51. The number of aliphatic hydroxyl groups is 1. The summed E-state index contributed by atoms with van der Waals surface area (Å²) in [6, 6.07) is 1.51. The van der Waals surface area contributed by atoms with Crippen molar-refractivity contribution in [2.24, 2.45) is 22.2 Å².